The Morgan fingerprint density at radius 3 is 2.09 bits per heavy atom. The molecular formula is C9H20N2. The molecule has 0 spiro atoms. The molecule has 0 aromatic heterocycles. The van der Waals surface area contributed by atoms with Crippen molar-refractivity contribution in [1.29, 1.82) is 0 Å². The molecule has 1 atom stereocenters. The van der Waals surface area contributed by atoms with E-state index in [9.17, 15) is 0 Å². The van der Waals surface area contributed by atoms with Gasteiger partial charge in [-0.25, -0.2) is 10.0 Å². The van der Waals surface area contributed by atoms with Crippen LogP contribution in [-0.4, -0.2) is 37.2 Å². The molecule has 11 heavy (non-hydrogen) atoms. The van der Waals surface area contributed by atoms with Gasteiger partial charge in [-0.15, -0.1) is 0 Å². The molecule has 66 valence electrons. The van der Waals surface area contributed by atoms with Gasteiger partial charge in [-0.05, 0) is 11.8 Å². The largest absolute Gasteiger partial charge is 0.245 e. The molecule has 1 fully saturated rings. The van der Waals surface area contributed by atoms with Gasteiger partial charge in [-0.2, -0.15) is 0 Å². The summed E-state index contributed by atoms with van der Waals surface area (Å²) in [6.07, 6.45) is 1.31. The predicted molar refractivity (Wildman–Crippen MR) is 48.2 cm³/mol. The van der Waals surface area contributed by atoms with Crippen LogP contribution in [-0.2, 0) is 0 Å². The number of hydrogen-bond acceptors (Lipinski definition) is 2. The van der Waals surface area contributed by atoms with Crippen molar-refractivity contribution in [2.24, 2.45) is 11.8 Å². The molecular weight excluding hydrogens is 136 g/mol. The van der Waals surface area contributed by atoms with Crippen molar-refractivity contribution in [3.05, 3.63) is 0 Å². The van der Waals surface area contributed by atoms with E-state index < -0.39 is 0 Å². The average Bonchev–Trinajstić information content (AvgIpc) is 2.31. The molecule has 1 aliphatic heterocycles. The summed E-state index contributed by atoms with van der Waals surface area (Å²) in [5.74, 6) is 1.76. The number of hydrogen-bond donors (Lipinski definition) is 0. The second-order valence-electron chi connectivity index (χ2n) is 3.83. The Kier molecular flexibility index (Phi) is 2.90. The quantitative estimate of drug-likeness (QED) is 0.597. The number of nitrogens with zero attached hydrogens (tertiary/aromatic N) is 2. The molecule has 1 unspecified atom stereocenters. The van der Waals surface area contributed by atoms with Crippen LogP contribution in [0.5, 0.6) is 0 Å². The van der Waals surface area contributed by atoms with Gasteiger partial charge in [0.05, 0.1) is 0 Å². The first-order valence-corrected chi connectivity index (χ1v) is 4.57. The van der Waals surface area contributed by atoms with Crippen molar-refractivity contribution in [2.75, 3.05) is 27.2 Å². The molecule has 1 aliphatic rings. The van der Waals surface area contributed by atoms with E-state index >= 15 is 0 Å². The maximum atomic E-state index is 2.36. The third-order valence-electron chi connectivity index (χ3n) is 3.03. The fourth-order valence-corrected chi connectivity index (χ4v) is 1.71. The minimum atomic E-state index is 0.877. The SMILES string of the molecule is CCC(C)C1CN(C)N(C)C1. The van der Waals surface area contributed by atoms with Crippen LogP contribution in [0.3, 0.4) is 0 Å². The van der Waals surface area contributed by atoms with E-state index in [0.717, 1.165) is 11.8 Å². The van der Waals surface area contributed by atoms with Gasteiger partial charge in [0.2, 0.25) is 0 Å². The van der Waals surface area contributed by atoms with Gasteiger partial charge in [0.1, 0.15) is 0 Å². The molecule has 0 N–H and O–H groups in total. The van der Waals surface area contributed by atoms with Crippen LogP contribution in [0.15, 0.2) is 0 Å². The molecule has 0 saturated carbocycles. The maximum Gasteiger partial charge on any atom is 0.0173 e. The molecule has 0 amide bonds. The lowest BCUT2D eigenvalue weighted by Gasteiger charge is -2.16. The van der Waals surface area contributed by atoms with E-state index in [0.29, 0.717) is 0 Å². The van der Waals surface area contributed by atoms with Crippen molar-refractivity contribution < 1.29 is 0 Å². The highest BCUT2D eigenvalue weighted by Crippen LogP contribution is 2.22. The molecule has 1 heterocycles. The van der Waals surface area contributed by atoms with Crippen LogP contribution in [0.1, 0.15) is 20.3 Å². The first kappa shape index (κ1) is 9.01. The van der Waals surface area contributed by atoms with Crippen LogP contribution >= 0.6 is 0 Å². The Morgan fingerprint density at radius 2 is 1.73 bits per heavy atom. The lowest BCUT2D eigenvalue weighted by molar-refractivity contribution is 0.0894. The topological polar surface area (TPSA) is 6.48 Å². The lowest BCUT2D eigenvalue weighted by atomic mass is 9.93. The second kappa shape index (κ2) is 3.55. The first-order valence-electron chi connectivity index (χ1n) is 4.57. The van der Waals surface area contributed by atoms with Gasteiger partial charge in [0.25, 0.3) is 0 Å². The normalized spacial score (nSPS) is 26.2. The second-order valence-corrected chi connectivity index (χ2v) is 3.83. The Morgan fingerprint density at radius 1 is 1.27 bits per heavy atom. The van der Waals surface area contributed by atoms with Crippen molar-refractivity contribution >= 4 is 0 Å². The highest BCUT2D eigenvalue weighted by atomic mass is 15.6. The zero-order valence-electron chi connectivity index (χ0n) is 8.17. The summed E-state index contributed by atoms with van der Waals surface area (Å²) in [4.78, 5) is 0. The lowest BCUT2D eigenvalue weighted by Crippen LogP contribution is -2.28. The van der Waals surface area contributed by atoms with Crippen LogP contribution in [0.2, 0.25) is 0 Å². The summed E-state index contributed by atoms with van der Waals surface area (Å²) < 4.78 is 0. The zero-order valence-corrected chi connectivity index (χ0v) is 8.17. The van der Waals surface area contributed by atoms with E-state index in [1.54, 1.807) is 0 Å². The molecule has 1 saturated heterocycles. The van der Waals surface area contributed by atoms with Gasteiger partial charge in [0.15, 0.2) is 0 Å². The van der Waals surface area contributed by atoms with E-state index in [-0.39, 0.29) is 0 Å². The van der Waals surface area contributed by atoms with Crippen LogP contribution in [0, 0.1) is 11.8 Å². The summed E-state index contributed by atoms with van der Waals surface area (Å²) in [6, 6.07) is 0. The Bertz CT molecular complexity index is 115. The highest BCUT2D eigenvalue weighted by molar-refractivity contribution is 4.75. The molecule has 0 aromatic rings. The zero-order chi connectivity index (χ0) is 8.43. The van der Waals surface area contributed by atoms with Gasteiger partial charge < -0.3 is 0 Å². The molecule has 1 rings (SSSR count). The number of rotatable bonds is 2. The Hall–Kier alpha value is -0.0800. The summed E-state index contributed by atoms with van der Waals surface area (Å²) in [6.45, 7) is 7.12. The third-order valence-corrected chi connectivity index (χ3v) is 3.03. The van der Waals surface area contributed by atoms with Gasteiger partial charge in [-0.1, -0.05) is 20.3 Å². The number of hydrazine groups is 1. The molecule has 0 aliphatic carbocycles. The Balaban J connectivity index is 2.40. The summed E-state index contributed by atoms with van der Waals surface area (Å²) in [5.41, 5.74) is 0. The smallest absolute Gasteiger partial charge is 0.0173 e. The Labute approximate surface area is 70.1 Å². The van der Waals surface area contributed by atoms with Gasteiger partial charge in [0, 0.05) is 27.2 Å². The van der Waals surface area contributed by atoms with Crippen molar-refractivity contribution in [3.8, 4) is 0 Å². The fraction of sp³-hybridized carbons (Fsp3) is 1.00. The van der Waals surface area contributed by atoms with E-state index in [2.05, 4.69) is 38.0 Å². The maximum absolute atomic E-state index is 2.36. The standard InChI is InChI=1S/C9H20N2/c1-5-8(2)9-6-10(3)11(4)7-9/h8-9H,5-7H2,1-4H3. The summed E-state index contributed by atoms with van der Waals surface area (Å²) >= 11 is 0. The minimum Gasteiger partial charge on any atom is -0.245 e. The summed E-state index contributed by atoms with van der Waals surface area (Å²) in [5, 5.41) is 4.63. The van der Waals surface area contributed by atoms with Crippen molar-refractivity contribution in [1.82, 2.24) is 10.0 Å². The van der Waals surface area contributed by atoms with Crippen molar-refractivity contribution in [2.45, 2.75) is 20.3 Å². The fourth-order valence-electron chi connectivity index (χ4n) is 1.71. The third kappa shape index (κ3) is 1.94. The molecule has 0 bridgehead atoms. The van der Waals surface area contributed by atoms with Crippen LogP contribution < -0.4 is 0 Å². The average molecular weight is 156 g/mol. The van der Waals surface area contributed by atoms with E-state index in [1.807, 2.05) is 0 Å². The first-order chi connectivity index (χ1) is 5.15. The molecule has 0 aromatic carbocycles. The molecule has 2 nitrogen and oxygen atoms in total. The van der Waals surface area contributed by atoms with Gasteiger partial charge >= 0.3 is 0 Å². The minimum absolute atomic E-state index is 0.877. The predicted octanol–water partition coefficient (Wildman–Crippen LogP) is 1.44. The van der Waals surface area contributed by atoms with Gasteiger partial charge in [-0.3, -0.25) is 0 Å². The molecule has 0 radical (unpaired) electrons. The van der Waals surface area contributed by atoms with Crippen LogP contribution in [0.4, 0.5) is 0 Å². The monoisotopic (exact) mass is 156 g/mol. The van der Waals surface area contributed by atoms with E-state index in [4.69, 9.17) is 0 Å². The van der Waals surface area contributed by atoms with Crippen LogP contribution in [0.25, 0.3) is 0 Å². The molecule has 2 heteroatoms. The highest BCUT2D eigenvalue weighted by Gasteiger charge is 2.27. The van der Waals surface area contributed by atoms with E-state index in [1.165, 1.54) is 19.5 Å². The summed E-state index contributed by atoms with van der Waals surface area (Å²) in [7, 11) is 4.34. The van der Waals surface area contributed by atoms with Crippen molar-refractivity contribution in [3.63, 3.8) is 0 Å².